The van der Waals surface area contributed by atoms with E-state index in [0.717, 1.165) is 6.61 Å². The molecule has 0 amide bonds. The SMILES string of the molecule is CCC(C)COCBr. The molecule has 0 heterocycles. The molecule has 1 nitrogen and oxygen atoms in total. The van der Waals surface area contributed by atoms with E-state index in [2.05, 4.69) is 29.8 Å². The minimum absolute atomic E-state index is 0.664. The van der Waals surface area contributed by atoms with Gasteiger partial charge in [0.15, 0.2) is 0 Å². The van der Waals surface area contributed by atoms with Gasteiger partial charge in [-0.3, -0.25) is 0 Å². The van der Waals surface area contributed by atoms with Gasteiger partial charge in [-0.1, -0.05) is 36.2 Å². The van der Waals surface area contributed by atoms with E-state index >= 15 is 0 Å². The van der Waals surface area contributed by atoms with Crippen molar-refractivity contribution in [1.29, 1.82) is 0 Å². The molecule has 50 valence electrons. The van der Waals surface area contributed by atoms with Crippen molar-refractivity contribution in [3.63, 3.8) is 0 Å². The van der Waals surface area contributed by atoms with Crippen molar-refractivity contribution in [3.05, 3.63) is 0 Å². The summed E-state index contributed by atoms with van der Waals surface area (Å²) in [6.07, 6.45) is 1.20. The molecule has 1 atom stereocenters. The first-order valence-corrected chi connectivity index (χ1v) is 4.07. The lowest BCUT2D eigenvalue weighted by molar-refractivity contribution is 0.147. The second-order valence-corrected chi connectivity index (χ2v) is 2.45. The molecule has 0 saturated heterocycles. The van der Waals surface area contributed by atoms with Gasteiger partial charge in [0.05, 0.1) is 6.61 Å². The minimum Gasteiger partial charge on any atom is -0.370 e. The largest absolute Gasteiger partial charge is 0.370 e. The molecule has 1 unspecified atom stereocenters. The van der Waals surface area contributed by atoms with Crippen molar-refractivity contribution >= 4 is 15.9 Å². The molecule has 8 heavy (non-hydrogen) atoms. The van der Waals surface area contributed by atoms with Gasteiger partial charge in [0.2, 0.25) is 0 Å². The average molecular weight is 181 g/mol. The number of hydrogen-bond donors (Lipinski definition) is 0. The van der Waals surface area contributed by atoms with Gasteiger partial charge in [-0.2, -0.15) is 0 Å². The molecule has 0 spiro atoms. The molecule has 0 fully saturated rings. The van der Waals surface area contributed by atoms with E-state index in [1.807, 2.05) is 0 Å². The number of rotatable bonds is 4. The van der Waals surface area contributed by atoms with Crippen molar-refractivity contribution in [2.45, 2.75) is 20.3 Å². The zero-order valence-corrected chi connectivity index (χ0v) is 7.07. The van der Waals surface area contributed by atoms with Crippen LogP contribution in [0.1, 0.15) is 20.3 Å². The Balaban J connectivity index is 2.86. The maximum atomic E-state index is 5.10. The Labute approximate surface area is 59.5 Å². The second kappa shape index (κ2) is 5.57. The predicted molar refractivity (Wildman–Crippen MR) is 39.2 cm³/mol. The zero-order chi connectivity index (χ0) is 6.41. The van der Waals surface area contributed by atoms with Gasteiger partial charge in [-0.05, 0) is 5.92 Å². The zero-order valence-electron chi connectivity index (χ0n) is 5.48. The van der Waals surface area contributed by atoms with E-state index in [-0.39, 0.29) is 0 Å². The number of hydrogen-bond acceptors (Lipinski definition) is 1. The fraction of sp³-hybridized carbons (Fsp3) is 1.00. The third kappa shape index (κ3) is 4.60. The van der Waals surface area contributed by atoms with E-state index in [4.69, 9.17) is 4.74 Å². The van der Waals surface area contributed by atoms with Gasteiger partial charge < -0.3 is 4.74 Å². The Kier molecular flexibility index (Phi) is 5.88. The second-order valence-electron chi connectivity index (χ2n) is 1.99. The van der Waals surface area contributed by atoms with Crippen LogP contribution in [0, 0.1) is 5.92 Å². The molecule has 0 aromatic carbocycles. The standard InChI is InChI=1S/C6H13BrO/c1-3-6(2)4-8-5-7/h6H,3-5H2,1-2H3. The van der Waals surface area contributed by atoms with E-state index in [1.165, 1.54) is 6.42 Å². The molecule has 0 bridgehead atoms. The number of alkyl halides is 1. The highest BCUT2D eigenvalue weighted by atomic mass is 79.9. The number of halogens is 1. The molecule has 0 N–H and O–H groups in total. The normalized spacial score (nSPS) is 13.9. The first-order chi connectivity index (χ1) is 3.81. The summed E-state index contributed by atoms with van der Waals surface area (Å²) in [6.45, 7) is 5.23. The predicted octanol–water partition coefficient (Wildman–Crippen LogP) is 2.40. The molecule has 0 saturated carbocycles. The molecule has 0 radical (unpaired) electrons. The van der Waals surface area contributed by atoms with Gasteiger partial charge in [0.25, 0.3) is 0 Å². The van der Waals surface area contributed by atoms with E-state index in [9.17, 15) is 0 Å². The van der Waals surface area contributed by atoms with Crippen LogP contribution in [0.25, 0.3) is 0 Å². The lowest BCUT2D eigenvalue weighted by Crippen LogP contribution is -2.02. The van der Waals surface area contributed by atoms with Crippen LogP contribution in [0.4, 0.5) is 0 Å². The molecule has 0 aromatic heterocycles. The van der Waals surface area contributed by atoms with E-state index < -0.39 is 0 Å². The Morgan fingerprint density at radius 2 is 2.25 bits per heavy atom. The Morgan fingerprint density at radius 3 is 2.62 bits per heavy atom. The fourth-order valence-corrected chi connectivity index (χ4v) is 0.550. The Bertz CT molecular complexity index is 47.8. The highest BCUT2D eigenvalue weighted by molar-refractivity contribution is 9.09. The van der Waals surface area contributed by atoms with Gasteiger partial charge in [0.1, 0.15) is 5.52 Å². The van der Waals surface area contributed by atoms with Crippen LogP contribution in [0.3, 0.4) is 0 Å². The van der Waals surface area contributed by atoms with Gasteiger partial charge >= 0.3 is 0 Å². The van der Waals surface area contributed by atoms with Crippen LogP contribution in [-0.4, -0.2) is 12.1 Å². The molecule has 0 rings (SSSR count). The van der Waals surface area contributed by atoms with Crippen LogP contribution in [0.2, 0.25) is 0 Å². The number of ether oxygens (including phenoxy) is 1. The first-order valence-electron chi connectivity index (χ1n) is 2.95. The monoisotopic (exact) mass is 180 g/mol. The smallest absolute Gasteiger partial charge is 0.102 e. The van der Waals surface area contributed by atoms with Crippen molar-refractivity contribution in [2.24, 2.45) is 5.92 Å². The molecule has 0 aliphatic carbocycles. The molecular weight excluding hydrogens is 168 g/mol. The maximum absolute atomic E-state index is 5.10. The van der Waals surface area contributed by atoms with Crippen LogP contribution in [0.15, 0.2) is 0 Å². The molecule has 0 aliphatic rings. The van der Waals surface area contributed by atoms with Gasteiger partial charge in [0, 0.05) is 0 Å². The van der Waals surface area contributed by atoms with Crippen molar-refractivity contribution in [2.75, 3.05) is 12.1 Å². The molecule has 2 heteroatoms. The molecule has 0 aromatic rings. The summed E-state index contributed by atoms with van der Waals surface area (Å²) in [7, 11) is 0. The highest BCUT2D eigenvalue weighted by Gasteiger charge is 1.95. The van der Waals surface area contributed by atoms with Crippen molar-refractivity contribution in [1.82, 2.24) is 0 Å². The molecule has 0 aliphatic heterocycles. The lowest BCUT2D eigenvalue weighted by atomic mass is 10.1. The van der Waals surface area contributed by atoms with Crippen LogP contribution in [-0.2, 0) is 4.74 Å². The molecular formula is C6H13BrO. The summed E-state index contributed by atoms with van der Waals surface area (Å²) in [5.74, 6) is 0.701. The third-order valence-electron chi connectivity index (χ3n) is 1.18. The summed E-state index contributed by atoms with van der Waals surface area (Å²) in [4.78, 5) is 0. The van der Waals surface area contributed by atoms with E-state index in [0.29, 0.717) is 11.4 Å². The maximum Gasteiger partial charge on any atom is 0.102 e. The van der Waals surface area contributed by atoms with Crippen LogP contribution >= 0.6 is 15.9 Å². The summed E-state index contributed by atoms with van der Waals surface area (Å²) in [5, 5.41) is 0. The third-order valence-corrected chi connectivity index (χ3v) is 1.50. The van der Waals surface area contributed by atoms with Crippen LogP contribution in [0.5, 0.6) is 0 Å². The fourth-order valence-electron chi connectivity index (χ4n) is 0.364. The average Bonchev–Trinajstić information content (AvgIpc) is 1.83. The summed E-state index contributed by atoms with van der Waals surface area (Å²) >= 11 is 3.18. The van der Waals surface area contributed by atoms with Crippen molar-refractivity contribution in [3.8, 4) is 0 Å². The highest BCUT2D eigenvalue weighted by Crippen LogP contribution is 2.00. The summed E-state index contributed by atoms with van der Waals surface area (Å²) < 4.78 is 5.10. The Morgan fingerprint density at radius 1 is 1.62 bits per heavy atom. The quantitative estimate of drug-likeness (QED) is 0.605. The van der Waals surface area contributed by atoms with Crippen LogP contribution < -0.4 is 0 Å². The lowest BCUT2D eigenvalue weighted by Gasteiger charge is -2.05. The van der Waals surface area contributed by atoms with Gasteiger partial charge in [-0.15, -0.1) is 0 Å². The Hall–Kier alpha value is 0.440. The first kappa shape index (κ1) is 8.44. The summed E-state index contributed by atoms with van der Waals surface area (Å²) in [6, 6.07) is 0. The van der Waals surface area contributed by atoms with Crippen molar-refractivity contribution < 1.29 is 4.74 Å². The van der Waals surface area contributed by atoms with Gasteiger partial charge in [-0.25, -0.2) is 0 Å². The minimum atomic E-state index is 0.664. The topological polar surface area (TPSA) is 9.23 Å². The summed E-state index contributed by atoms with van der Waals surface area (Å²) in [5.41, 5.74) is 0.664. The van der Waals surface area contributed by atoms with E-state index in [1.54, 1.807) is 0 Å².